The van der Waals surface area contributed by atoms with Gasteiger partial charge in [0.2, 0.25) is 5.75 Å². The third kappa shape index (κ3) is 7.33. The molecule has 2 heterocycles. The largest absolute Gasteiger partial charge is 0.497 e. The number of fused-ring (bicyclic) bond motifs is 1. The molecule has 0 spiro atoms. The molecular weight excluding hydrogens is 604 g/mol. The number of benzene rings is 3. The van der Waals surface area contributed by atoms with E-state index in [0.717, 1.165) is 17.4 Å². The zero-order valence-corrected chi connectivity index (χ0v) is 25.5. The Hall–Kier alpha value is -5.14. The van der Waals surface area contributed by atoms with E-state index in [4.69, 9.17) is 23.8 Å². The molecule has 234 valence electrons. The zero-order chi connectivity index (χ0) is 32.1. The molecule has 0 bridgehead atoms. The minimum atomic E-state index is -3.76. The van der Waals surface area contributed by atoms with Gasteiger partial charge in [0, 0.05) is 11.0 Å². The van der Waals surface area contributed by atoms with Crippen molar-refractivity contribution in [2.24, 2.45) is 0 Å². The lowest BCUT2D eigenvalue weighted by Gasteiger charge is -2.20. The highest BCUT2D eigenvalue weighted by molar-refractivity contribution is 7.90. The first-order valence-corrected chi connectivity index (χ1v) is 15.7. The SMILES string of the molecule is COc1ccc(COc2cc(C(CS(C)(=O)=O)ON3C(=O)c4ccccc4C3=O)[n+](O)cc2OCc2ccc(OC)cc2)cc1. The van der Waals surface area contributed by atoms with Gasteiger partial charge >= 0.3 is 0 Å². The van der Waals surface area contributed by atoms with Gasteiger partial charge in [-0.3, -0.25) is 14.8 Å². The van der Waals surface area contributed by atoms with Crippen LogP contribution in [-0.4, -0.2) is 56.7 Å². The summed E-state index contributed by atoms with van der Waals surface area (Å²) in [4.78, 5) is 31.8. The van der Waals surface area contributed by atoms with E-state index in [2.05, 4.69) is 0 Å². The fourth-order valence-corrected chi connectivity index (χ4v) is 5.36. The summed E-state index contributed by atoms with van der Waals surface area (Å²) < 4.78 is 48.1. The number of hydrogen-bond donors (Lipinski definition) is 1. The minimum absolute atomic E-state index is 0.0772. The van der Waals surface area contributed by atoms with Crippen molar-refractivity contribution in [1.82, 2.24) is 5.06 Å². The average molecular weight is 636 g/mol. The average Bonchev–Trinajstić information content (AvgIpc) is 3.27. The maximum Gasteiger partial charge on any atom is 0.285 e. The first-order chi connectivity index (χ1) is 21.6. The Morgan fingerprint density at radius 2 is 1.27 bits per heavy atom. The van der Waals surface area contributed by atoms with Crippen molar-refractivity contribution >= 4 is 21.7 Å². The predicted molar refractivity (Wildman–Crippen MR) is 159 cm³/mol. The van der Waals surface area contributed by atoms with E-state index in [1.165, 1.54) is 24.4 Å². The summed E-state index contributed by atoms with van der Waals surface area (Å²) in [7, 11) is -0.638. The number of imide groups is 1. The number of nitrogens with zero attached hydrogens (tertiary/aromatic N) is 2. The number of ether oxygens (including phenoxy) is 4. The summed E-state index contributed by atoms with van der Waals surface area (Å²) in [5, 5.41) is 11.6. The van der Waals surface area contributed by atoms with Crippen LogP contribution in [0.2, 0.25) is 0 Å². The van der Waals surface area contributed by atoms with Crippen molar-refractivity contribution in [2.75, 3.05) is 26.2 Å². The molecular formula is C32H31N2O10S+. The van der Waals surface area contributed by atoms with Crippen molar-refractivity contribution in [3.8, 4) is 23.0 Å². The van der Waals surface area contributed by atoms with Gasteiger partial charge < -0.3 is 18.9 Å². The number of amides is 2. The van der Waals surface area contributed by atoms with Crippen LogP contribution in [0, 0.1) is 0 Å². The van der Waals surface area contributed by atoms with Gasteiger partial charge in [0.15, 0.2) is 21.7 Å². The van der Waals surface area contributed by atoms with Crippen molar-refractivity contribution < 1.29 is 51.7 Å². The van der Waals surface area contributed by atoms with Crippen LogP contribution in [0.3, 0.4) is 0 Å². The lowest BCUT2D eigenvalue weighted by Crippen LogP contribution is -2.42. The highest BCUT2D eigenvalue weighted by Gasteiger charge is 2.41. The molecule has 3 aromatic carbocycles. The van der Waals surface area contributed by atoms with Crippen molar-refractivity contribution in [3.63, 3.8) is 0 Å². The summed E-state index contributed by atoms with van der Waals surface area (Å²) in [5.41, 5.74) is 1.70. The predicted octanol–water partition coefficient (Wildman–Crippen LogP) is 3.70. The Bertz CT molecular complexity index is 1770. The van der Waals surface area contributed by atoms with E-state index in [0.29, 0.717) is 21.3 Å². The fourth-order valence-electron chi connectivity index (χ4n) is 4.58. The summed E-state index contributed by atoms with van der Waals surface area (Å²) >= 11 is 0. The molecule has 0 fully saturated rings. The van der Waals surface area contributed by atoms with Gasteiger partial charge in [-0.2, -0.15) is 0 Å². The normalized spacial score (nSPS) is 13.4. The molecule has 1 atom stereocenters. The Balaban J connectivity index is 1.48. The molecule has 5 rings (SSSR count). The smallest absolute Gasteiger partial charge is 0.285 e. The first kappa shape index (κ1) is 31.3. The van der Waals surface area contributed by atoms with E-state index in [-0.39, 0.29) is 41.5 Å². The van der Waals surface area contributed by atoms with Crippen LogP contribution in [0.5, 0.6) is 23.0 Å². The second-order valence-corrected chi connectivity index (χ2v) is 12.4. The van der Waals surface area contributed by atoms with E-state index >= 15 is 0 Å². The third-order valence-electron chi connectivity index (χ3n) is 6.91. The molecule has 2 amide bonds. The van der Waals surface area contributed by atoms with E-state index in [9.17, 15) is 23.2 Å². The number of pyridine rings is 1. The van der Waals surface area contributed by atoms with Crippen LogP contribution < -0.4 is 23.7 Å². The monoisotopic (exact) mass is 635 g/mol. The van der Waals surface area contributed by atoms with Gasteiger partial charge in [0.05, 0.1) is 37.2 Å². The van der Waals surface area contributed by atoms with Gasteiger partial charge in [-0.05, 0) is 47.5 Å². The van der Waals surface area contributed by atoms with Gasteiger partial charge in [-0.15, -0.1) is 5.06 Å². The van der Waals surface area contributed by atoms with Crippen LogP contribution in [0.4, 0.5) is 0 Å². The summed E-state index contributed by atoms with van der Waals surface area (Å²) in [6, 6.07) is 21.8. The molecule has 13 heteroatoms. The fraction of sp³-hybridized carbons (Fsp3) is 0.219. The van der Waals surface area contributed by atoms with Crippen LogP contribution >= 0.6 is 0 Å². The van der Waals surface area contributed by atoms with Gasteiger partial charge in [0.25, 0.3) is 23.7 Å². The number of rotatable bonds is 13. The van der Waals surface area contributed by atoms with E-state index < -0.39 is 33.5 Å². The molecule has 0 saturated carbocycles. The number of carbonyl (C=O) groups excluding carboxylic acids is 2. The summed E-state index contributed by atoms with van der Waals surface area (Å²) in [6.07, 6.45) is 0.676. The molecule has 0 aliphatic carbocycles. The molecule has 1 N–H and O–H groups in total. The highest BCUT2D eigenvalue weighted by atomic mass is 32.2. The highest BCUT2D eigenvalue weighted by Crippen LogP contribution is 2.33. The molecule has 4 aromatic rings. The molecule has 1 unspecified atom stereocenters. The third-order valence-corrected chi connectivity index (χ3v) is 7.81. The lowest BCUT2D eigenvalue weighted by molar-refractivity contribution is -0.911. The second kappa shape index (κ2) is 13.2. The second-order valence-electron chi connectivity index (χ2n) is 10.2. The van der Waals surface area contributed by atoms with E-state index in [1.54, 1.807) is 50.6 Å². The van der Waals surface area contributed by atoms with Gasteiger partial charge in [-0.25, -0.2) is 13.3 Å². The molecule has 12 nitrogen and oxygen atoms in total. The van der Waals surface area contributed by atoms with Gasteiger partial charge in [-0.1, -0.05) is 36.4 Å². The van der Waals surface area contributed by atoms with Crippen LogP contribution in [0.15, 0.2) is 85.1 Å². The Morgan fingerprint density at radius 3 is 1.73 bits per heavy atom. The Morgan fingerprint density at radius 1 is 0.778 bits per heavy atom. The van der Waals surface area contributed by atoms with Crippen molar-refractivity contribution in [3.05, 3.63) is 113 Å². The maximum absolute atomic E-state index is 13.0. The standard InChI is InChI=1S/C32H31N2O10S/c1-40-23-12-8-21(9-13-23)18-42-28-16-27(33(37)17-29(28)43-19-22-10-14-24(41-2)15-11-22)30(20-45(3,38)39)44-34-31(35)25-6-4-5-7-26(25)32(34)36/h4-17,30,37H,18-20H2,1-3H3/q+1. The number of methoxy groups -OCH3 is 2. The molecule has 1 aliphatic rings. The molecule has 0 radical (unpaired) electrons. The van der Waals surface area contributed by atoms with Crippen molar-refractivity contribution in [2.45, 2.75) is 19.3 Å². The van der Waals surface area contributed by atoms with Crippen LogP contribution in [0.1, 0.15) is 43.6 Å². The van der Waals surface area contributed by atoms with Crippen molar-refractivity contribution in [1.29, 1.82) is 0 Å². The minimum Gasteiger partial charge on any atom is -0.497 e. The Labute approximate surface area is 259 Å². The number of hydrogen-bond acceptors (Lipinski definition) is 10. The summed E-state index contributed by atoms with van der Waals surface area (Å²) in [5.74, 6) is -0.573. The maximum atomic E-state index is 13.0. The molecule has 1 aromatic heterocycles. The number of carbonyl (C=O) groups is 2. The molecule has 0 saturated heterocycles. The molecule has 45 heavy (non-hydrogen) atoms. The number of hydroxylamine groups is 2. The zero-order valence-electron chi connectivity index (χ0n) is 24.7. The van der Waals surface area contributed by atoms with Crippen LogP contribution in [0.25, 0.3) is 0 Å². The van der Waals surface area contributed by atoms with Gasteiger partial charge in [0.1, 0.15) is 24.7 Å². The topological polar surface area (TPSA) is 142 Å². The number of aromatic nitrogens is 1. The summed E-state index contributed by atoms with van der Waals surface area (Å²) in [6.45, 7) is 0.175. The van der Waals surface area contributed by atoms with E-state index in [1.807, 2.05) is 24.3 Å². The number of sulfone groups is 1. The van der Waals surface area contributed by atoms with Crippen LogP contribution in [-0.2, 0) is 27.9 Å². The molecule has 1 aliphatic heterocycles. The Kier molecular flexibility index (Phi) is 9.21. The first-order valence-electron chi connectivity index (χ1n) is 13.7. The lowest BCUT2D eigenvalue weighted by atomic mass is 10.1. The quantitative estimate of drug-likeness (QED) is 0.131.